The van der Waals surface area contributed by atoms with E-state index in [9.17, 15) is 38.7 Å². The number of ketones is 1. The minimum atomic E-state index is -1.37. The molecule has 1 rings (SSSR count). The number of benzene rings is 1. The molecule has 0 spiro atoms. The van der Waals surface area contributed by atoms with Crippen LogP contribution in [0.1, 0.15) is 79.3 Å². The van der Waals surface area contributed by atoms with Gasteiger partial charge in [-0.25, -0.2) is 9.59 Å². The molecule has 1 aromatic carbocycles. The van der Waals surface area contributed by atoms with Gasteiger partial charge in [-0.05, 0) is 50.3 Å². The van der Waals surface area contributed by atoms with E-state index in [1.54, 1.807) is 45.2 Å². The van der Waals surface area contributed by atoms with Crippen LogP contribution in [0.15, 0.2) is 30.3 Å². The van der Waals surface area contributed by atoms with Crippen LogP contribution in [0.3, 0.4) is 0 Å². The highest BCUT2D eigenvalue weighted by Gasteiger charge is 2.39. The summed E-state index contributed by atoms with van der Waals surface area (Å²) in [4.78, 5) is 89.6. The van der Waals surface area contributed by atoms with Crippen molar-refractivity contribution in [1.29, 1.82) is 0 Å². The average molecular weight is 694 g/mol. The molecule has 268 valence electrons. The predicted molar refractivity (Wildman–Crippen MR) is 182 cm³/mol. The third kappa shape index (κ3) is 14.3. The van der Waals surface area contributed by atoms with E-state index in [2.05, 4.69) is 26.6 Å². The van der Waals surface area contributed by atoms with Crippen molar-refractivity contribution in [3.63, 3.8) is 0 Å². The first-order valence-corrected chi connectivity index (χ1v) is 17.1. The lowest BCUT2D eigenvalue weighted by molar-refractivity contribution is -0.142. The fourth-order valence-corrected chi connectivity index (χ4v) is 4.82. The molecule has 0 saturated carbocycles. The van der Waals surface area contributed by atoms with Crippen molar-refractivity contribution in [2.75, 3.05) is 19.4 Å². The number of thioether (sulfide) groups is 1. The number of carboxylic acids is 1. The van der Waals surface area contributed by atoms with Crippen LogP contribution in [0.4, 0.5) is 4.79 Å². The van der Waals surface area contributed by atoms with Gasteiger partial charge in [0.1, 0.15) is 12.1 Å². The fraction of sp³-hybridized carbons (Fsp3) is 0.606. The zero-order chi connectivity index (χ0) is 36.6. The third-order valence-corrected chi connectivity index (χ3v) is 8.45. The number of carbonyl (C=O) groups excluding carboxylic acids is 6. The SMILES string of the molecule is CCCC(NC(=O)[C@H](CC(C)C)NC(=O)[C@@H](NC(=O)OCC(C)C)C(C)(C)SC)C(=O)C(=O)NCC(=O)NC(C(=O)O)c1ccccc1. The lowest BCUT2D eigenvalue weighted by Crippen LogP contribution is -2.61. The second-order valence-corrected chi connectivity index (χ2v) is 14.2. The van der Waals surface area contributed by atoms with Crippen molar-refractivity contribution < 1.29 is 43.4 Å². The molecule has 0 bridgehead atoms. The molecule has 6 N–H and O–H groups in total. The molecular weight excluding hydrogens is 642 g/mol. The number of aliphatic carboxylic acids is 1. The van der Waals surface area contributed by atoms with Gasteiger partial charge in [-0.3, -0.25) is 24.0 Å². The van der Waals surface area contributed by atoms with Crippen molar-refractivity contribution >= 4 is 53.2 Å². The number of nitrogens with one attached hydrogen (secondary N) is 5. The Hall–Kier alpha value is -4.14. The maximum Gasteiger partial charge on any atom is 0.407 e. The fourth-order valence-electron chi connectivity index (χ4n) is 4.41. The first kappa shape index (κ1) is 41.9. The Morgan fingerprint density at radius 1 is 0.854 bits per heavy atom. The van der Waals surface area contributed by atoms with Crippen LogP contribution in [-0.2, 0) is 33.5 Å². The summed E-state index contributed by atoms with van der Waals surface area (Å²) in [6.45, 7) is 12.2. The van der Waals surface area contributed by atoms with Crippen LogP contribution in [0.25, 0.3) is 0 Å². The standard InChI is InChI=1S/C33H51N5O9S/c1-9-13-22(26(40)29(42)34-17-24(39)37-25(31(44)45)21-14-11-10-12-15-21)35-28(41)23(16-19(2)3)36-30(43)27(33(6,7)48-8)38-32(46)47-18-20(4)5/h10-12,14-15,19-20,22-23,25,27H,9,13,16-18H2,1-8H3,(H,34,42)(H,35,41)(H,36,43)(H,37,39)(H,38,46)(H,44,45)/t22?,23-,25?,27+/m0/s1. The van der Waals surface area contributed by atoms with Gasteiger partial charge in [0, 0.05) is 4.75 Å². The molecule has 48 heavy (non-hydrogen) atoms. The lowest BCUT2D eigenvalue weighted by Gasteiger charge is -2.33. The van der Waals surface area contributed by atoms with E-state index >= 15 is 0 Å². The Bertz CT molecular complexity index is 1270. The van der Waals surface area contributed by atoms with Gasteiger partial charge in [0.05, 0.1) is 19.2 Å². The van der Waals surface area contributed by atoms with Gasteiger partial charge in [0.15, 0.2) is 6.04 Å². The van der Waals surface area contributed by atoms with Gasteiger partial charge in [-0.2, -0.15) is 11.8 Å². The van der Waals surface area contributed by atoms with E-state index in [1.165, 1.54) is 23.9 Å². The summed E-state index contributed by atoms with van der Waals surface area (Å²) in [6, 6.07) is 3.13. The van der Waals surface area contributed by atoms with Crippen molar-refractivity contribution in [3.05, 3.63) is 35.9 Å². The highest BCUT2D eigenvalue weighted by atomic mass is 32.2. The normalized spacial score (nSPS) is 13.8. The minimum absolute atomic E-state index is 0.0651. The molecule has 15 heteroatoms. The number of hydrogen-bond donors (Lipinski definition) is 6. The number of alkyl carbamates (subject to hydrolysis) is 1. The highest BCUT2D eigenvalue weighted by Crippen LogP contribution is 2.26. The number of hydrogen-bond acceptors (Lipinski definition) is 9. The topological polar surface area (TPSA) is 209 Å². The largest absolute Gasteiger partial charge is 0.479 e. The first-order chi connectivity index (χ1) is 22.4. The molecule has 0 radical (unpaired) electrons. The van der Waals surface area contributed by atoms with Gasteiger partial charge in [0.2, 0.25) is 23.5 Å². The molecular formula is C33H51N5O9S. The number of carbonyl (C=O) groups is 7. The number of ether oxygens (including phenoxy) is 1. The van der Waals surface area contributed by atoms with Crippen LogP contribution < -0.4 is 26.6 Å². The van der Waals surface area contributed by atoms with E-state index in [4.69, 9.17) is 4.74 Å². The molecule has 4 atom stereocenters. The van der Waals surface area contributed by atoms with Crippen LogP contribution in [-0.4, -0.2) is 88.9 Å². The average Bonchev–Trinajstić information content (AvgIpc) is 3.02. The van der Waals surface area contributed by atoms with Crippen LogP contribution in [0.2, 0.25) is 0 Å². The predicted octanol–water partition coefficient (Wildman–Crippen LogP) is 2.32. The van der Waals surface area contributed by atoms with Crippen LogP contribution in [0, 0.1) is 11.8 Å². The Kier molecular flexibility index (Phi) is 17.7. The van der Waals surface area contributed by atoms with Gasteiger partial charge < -0.3 is 36.4 Å². The van der Waals surface area contributed by atoms with Crippen molar-refractivity contribution in [1.82, 2.24) is 26.6 Å². The van der Waals surface area contributed by atoms with Gasteiger partial charge in [0.25, 0.3) is 5.91 Å². The molecule has 0 aliphatic heterocycles. The Morgan fingerprint density at radius 3 is 1.98 bits per heavy atom. The molecule has 0 heterocycles. The van der Waals surface area contributed by atoms with Gasteiger partial charge in [-0.15, -0.1) is 0 Å². The second kappa shape index (κ2) is 20.3. The van der Waals surface area contributed by atoms with E-state index in [0.29, 0.717) is 12.0 Å². The summed E-state index contributed by atoms with van der Waals surface area (Å²) < 4.78 is 4.41. The summed E-state index contributed by atoms with van der Waals surface area (Å²) in [5, 5.41) is 21.9. The third-order valence-electron chi connectivity index (χ3n) is 7.16. The Morgan fingerprint density at radius 2 is 1.46 bits per heavy atom. The highest BCUT2D eigenvalue weighted by molar-refractivity contribution is 8.00. The molecule has 14 nitrogen and oxygen atoms in total. The quantitative estimate of drug-likeness (QED) is 0.110. The summed E-state index contributed by atoms with van der Waals surface area (Å²) in [7, 11) is 0. The van der Waals surface area contributed by atoms with E-state index in [1.807, 2.05) is 27.7 Å². The van der Waals surface area contributed by atoms with Crippen molar-refractivity contribution in [3.8, 4) is 0 Å². The van der Waals surface area contributed by atoms with Crippen LogP contribution in [0.5, 0.6) is 0 Å². The van der Waals surface area contributed by atoms with Crippen molar-refractivity contribution in [2.45, 2.75) is 96.6 Å². The van der Waals surface area contributed by atoms with Gasteiger partial charge in [-0.1, -0.05) is 71.4 Å². The summed E-state index contributed by atoms with van der Waals surface area (Å²) >= 11 is 1.34. The lowest BCUT2D eigenvalue weighted by atomic mass is 9.98. The Labute approximate surface area is 286 Å². The van der Waals surface area contributed by atoms with Crippen molar-refractivity contribution in [2.24, 2.45) is 11.8 Å². The zero-order valence-electron chi connectivity index (χ0n) is 29.0. The number of Topliss-reactive ketones (excluding diaryl/α,β-unsaturated/α-hetero) is 1. The smallest absolute Gasteiger partial charge is 0.407 e. The summed E-state index contributed by atoms with van der Waals surface area (Å²) in [6.07, 6.45) is 1.70. The maximum absolute atomic E-state index is 13.6. The maximum atomic E-state index is 13.6. The minimum Gasteiger partial charge on any atom is -0.479 e. The molecule has 0 aromatic heterocycles. The van der Waals surface area contributed by atoms with Gasteiger partial charge >= 0.3 is 12.1 Å². The molecule has 0 aliphatic carbocycles. The monoisotopic (exact) mass is 693 g/mol. The first-order valence-electron chi connectivity index (χ1n) is 15.9. The molecule has 5 amide bonds. The van der Waals surface area contributed by atoms with E-state index in [-0.39, 0.29) is 31.3 Å². The summed E-state index contributed by atoms with van der Waals surface area (Å²) in [5.74, 6) is -5.63. The van der Waals surface area contributed by atoms with E-state index in [0.717, 1.165) is 0 Å². The molecule has 2 unspecified atom stereocenters. The molecule has 0 fully saturated rings. The molecule has 1 aromatic rings. The number of carboxylic acid groups (broad SMARTS) is 1. The van der Waals surface area contributed by atoms with E-state index < -0.39 is 76.9 Å². The second-order valence-electron chi connectivity index (χ2n) is 12.7. The Balaban J connectivity index is 3.02. The molecule has 0 saturated heterocycles. The van der Waals surface area contributed by atoms with Crippen LogP contribution >= 0.6 is 11.8 Å². The number of amides is 5. The summed E-state index contributed by atoms with van der Waals surface area (Å²) in [5.41, 5.74) is 0.319. The molecule has 0 aliphatic rings. The zero-order valence-corrected chi connectivity index (χ0v) is 29.8. The number of rotatable bonds is 20.